The number of alkyl halides is 1. The zero-order valence-electron chi connectivity index (χ0n) is 5.14. The van der Waals surface area contributed by atoms with Crippen LogP contribution in [0.25, 0.3) is 0 Å². The van der Waals surface area contributed by atoms with E-state index in [4.69, 9.17) is 39.2 Å². The molecule has 0 aliphatic rings. The molecule has 0 aliphatic heterocycles. The van der Waals surface area contributed by atoms with Gasteiger partial charge in [-0.2, -0.15) is 0 Å². The Kier molecular flexibility index (Phi) is 5.57. The maximum absolute atomic E-state index is 5.74. The van der Waals surface area contributed by atoms with Gasteiger partial charge in [-0.15, -0.1) is 11.6 Å². The van der Waals surface area contributed by atoms with Gasteiger partial charge in [0, 0.05) is 12.0 Å². The van der Waals surface area contributed by atoms with Crippen LogP contribution in [0.1, 0.15) is 6.92 Å². The molecular weight excluding hydrogens is 198 g/mol. The van der Waals surface area contributed by atoms with Crippen molar-refractivity contribution in [3.05, 3.63) is 0 Å². The summed E-state index contributed by atoms with van der Waals surface area (Å²) in [5.41, 5.74) is -1.97. The second-order valence-corrected chi connectivity index (χ2v) is 7.89. The van der Waals surface area contributed by atoms with Gasteiger partial charge in [0.15, 0.2) is 5.62 Å². The minimum atomic E-state index is -1.97. The zero-order chi connectivity index (χ0) is 7.33. The van der Waals surface area contributed by atoms with Crippen molar-refractivity contribution < 1.29 is 4.52 Å². The minimum Gasteiger partial charge on any atom is -0.337 e. The first kappa shape index (κ1) is 10.2. The van der Waals surface area contributed by atoms with Crippen LogP contribution < -0.4 is 0 Å². The van der Waals surface area contributed by atoms with E-state index >= 15 is 0 Å². The van der Waals surface area contributed by atoms with Crippen molar-refractivity contribution in [1.29, 1.82) is 0 Å². The molecular formula is C4H9Cl2OPS. The van der Waals surface area contributed by atoms with Gasteiger partial charge in [-0.05, 0) is 0 Å². The predicted molar refractivity (Wildman–Crippen MR) is 47.4 cm³/mol. The fraction of sp³-hybridized carbons (Fsp3) is 1.00. The standard InChI is InChI=1S/C4H9Cl2OPS/c1-2-8(6,9)7-4-3-5/h2-4H2,1H3. The summed E-state index contributed by atoms with van der Waals surface area (Å²) >= 11 is 16.0. The Morgan fingerprint density at radius 1 is 1.67 bits per heavy atom. The van der Waals surface area contributed by atoms with Gasteiger partial charge >= 0.3 is 0 Å². The third-order valence-electron chi connectivity index (χ3n) is 0.739. The van der Waals surface area contributed by atoms with Crippen LogP contribution in [0.3, 0.4) is 0 Å². The van der Waals surface area contributed by atoms with Crippen LogP contribution >= 0.6 is 28.5 Å². The van der Waals surface area contributed by atoms with Gasteiger partial charge in [0.1, 0.15) is 0 Å². The van der Waals surface area contributed by atoms with Gasteiger partial charge in [0.2, 0.25) is 0 Å². The highest BCUT2D eigenvalue weighted by Gasteiger charge is 2.08. The second-order valence-electron chi connectivity index (χ2n) is 1.43. The molecule has 0 spiro atoms. The van der Waals surface area contributed by atoms with E-state index < -0.39 is 5.62 Å². The van der Waals surface area contributed by atoms with Gasteiger partial charge in [0.25, 0.3) is 0 Å². The van der Waals surface area contributed by atoms with Crippen LogP contribution in [0, 0.1) is 0 Å². The van der Waals surface area contributed by atoms with E-state index in [9.17, 15) is 0 Å². The lowest BCUT2D eigenvalue weighted by Crippen LogP contribution is -1.90. The van der Waals surface area contributed by atoms with Crippen molar-refractivity contribution in [3.63, 3.8) is 0 Å². The van der Waals surface area contributed by atoms with Crippen LogP contribution in [0.2, 0.25) is 0 Å². The van der Waals surface area contributed by atoms with Crippen molar-refractivity contribution >= 4 is 40.3 Å². The van der Waals surface area contributed by atoms with Crippen LogP contribution in [0.5, 0.6) is 0 Å². The molecule has 0 N–H and O–H groups in total. The highest BCUT2D eigenvalue weighted by molar-refractivity contribution is 8.24. The number of halogens is 2. The van der Waals surface area contributed by atoms with Crippen LogP contribution in [0.15, 0.2) is 0 Å². The molecule has 9 heavy (non-hydrogen) atoms. The molecule has 0 rings (SSSR count). The van der Waals surface area contributed by atoms with Crippen molar-refractivity contribution in [2.24, 2.45) is 0 Å². The number of hydrogen-bond acceptors (Lipinski definition) is 2. The summed E-state index contributed by atoms with van der Waals surface area (Å²) in [5.74, 6) is 0.463. The van der Waals surface area contributed by atoms with Gasteiger partial charge in [0.05, 0.1) is 6.61 Å². The van der Waals surface area contributed by atoms with Crippen molar-refractivity contribution in [3.8, 4) is 0 Å². The summed E-state index contributed by atoms with van der Waals surface area (Å²) in [7, 11) is 0. The zero-order valence-corrected chi connectivity index (χ0v) is 8.36. The molecule has 56 valence electrons. The summed E-state index contributed by atoms with van der Waals surface area (Å²) in [6, 6.07) is 0. The maximum atomic E-state index is 5.74. The average Bonchev–Trinajstić information content (AvgIpc) is 1.84. The fourth-order valence-electron chi connectivity index (χ4n) is 0.262. The molecule has 0 aliphatic carbocycles. The Bertz CT molecular complexity index is 119. The average molecular weight is 207 g/mol. The van der Waals surface area contributed by atoms with E-state index in [0.29, 0.717) is 12.5 Å². The lowest BCUT2D eigenvalue weighted by atomic mass is 10.9. The molecule has 0 heterocycles. The Balaban J connectivity index is 3.46. The molecule has 0 aromatic rings. The quantitative estimate of drug-likeness (QED) is 0.517. The SMILES string of the molecule is CCP(=S)(Cl)OCCCl. The molecule has 0 saturated carbocycles. The van der Waals surface area contributed by atoms with Crippen LogP contribution in [-0.2, 0) is 16.3 Å². The number of hydrogen-bond donors (Lipinski definition) is 0. The summed E-state index contributed by atoms with van der Waals surface area (Å²) in [6.45, 7) is 2.39. The molecule has 0 radical (unpaired) electrons. The summed E-state index contributed by atoms with van der Waals surface area (Å²) in [6.07, 6.45) is 0.723. The molecule has 1 nitrogen and oxygen atoms in total. The smallest absolute Gasteiger partial charge is 0.151 e. The molecule has 0 fully saturated rings. The molecule has 0 bridgehead atoms. The van der Waals surface area contributed by atoms with Gasteiger partial charge in [-0.1, -0.05) is 30.0 Å². The summed E-state index contributed by atoms with van der Waals surface area (Å²) < 4.78 is 5.09. The van der Waals surface area contributed by atoms with Crippen molar-refractivity contribution in [2.75, 3.05) is 18.6 Å². The largest absolute Gasteiger partial charge is 0.337 e. The molecule has 0 amide bonds. The van der Waals surface area contributed by atoms with Gasteiger partial charge in [-0.25, -0.2) is 0 Å². The molecule has 0 aromatic carbocycles. The highest BCUT2D eigenvalue weighted by atomic mass is 35.7. The Morgan fingerprint density at radius 2 is 2.22 bits per heavy atom. The molecule has 0 aromatic heterocycles. The summed E-state index contributed by atoms with van der Waals surface area (Å²) in [5, 5.41) is 0. The van der Waals surface area contributed by atoms with Gasteiger partial charge in [-0.3, -0.25) is 0 Å². The monoisotopic (exact) mass is 206 g/mol. The predicted octanol–water partition coefficient (Wildman–Crippen LogP) is 2.81. The van der Waals surface area contributed by atoms with Crippen molar-refractivity contribution in [1.82, 2.24) is 0 Å². The summed E-state index contributed by atoms with van der Waals surface area (Å²) in [4.78, 5) is 0. The van der Waals surface area contributed by atoms with E-state index in [1.807, 2.05) is 6.92 Å². The van der Waals surface area contributed by atoms with Crippen LogP contribution in [-0.4, -0.2) is 18.6 Å². The van der Waals surface area contributed by atoms with E-state index in [1.165, 1.54) is 0 Å². The third kappa shape index (κ3) is 5.63. The Hall–Kier alpha value is 1.19. The molecule has 0 saturated heterocycles. The second kappa shape index (κ2) is 4.92. The normalized spacial score (nSPS) is 17.2. The molecule has 1 unspecified atom stereocenters. The Morgan fingerprint density at radius 3 is 2.56 bits per heavy atom. The van der Waals surface area contributed by atoms with Gasteiger partial charge < -0.3 is 4.52 Å². The lowest BCUT2D eigenvalue weighted by molar-refractivity contribution is 0.387. The lowest BCUT2D eigenvalue weighted by Gasteiger charge is -2.10. The highest BCUT2D eigenvalue weighted by Crippen LogP contribution is 2.52. The molecule has 1 atom stereocenters. The topological polar surface area (TPSA) is 9.23 Å². The maximum Gasteiger partial charge on any atom is 0.151 e. The number of rotatable bonds is 4. The first-order valence-electron chi connectivity index (χ1n) is 2.61. The van der Waals surface area contributed by atoms with Crippen molar-refractivity contribution in [2.45, 2.75) is 6.92 Å². The van der Waals surface area contributed by atoms with E-state index in [2.05, 4.69) is 0 Å². The molecule has 5 heteroatoms. The van der Waals surface area contributed by atoms with Crippen LogP contribution in [0.4, 0.5) is 0 Å². The van der Waals surface area contributed by atoms with E-state index in [1.54, 1.807) is 0 Å². The Labute approximate surface area is 70.6 Å². The first-order chi connectivity index (χ1) is 4.12. The first-order valence-corrected chi connectivity index (χ1v) is 6.96. The van der Waals surface area contributed by atoms with E-state index in [-0.39, 0.29) is 0 Å². The minimum absolute atomic E-state index is 0.463. The fourth-order valence-corrected chi connectivity index (χ4v) is 1.42. The third-order valence-corrected chi connectivity index (χ3v) is 4.32. The van der Waals surface area contributed by atoms with E-state index in [0.717, 1.165) is 6.16 Å².